The molecule has 2 aromatic rings. The smallest absolute Gasteiger partial charge is 0.416 e. The van der Waals surface area contributed by atoms with Crippen molar-refractivity contribution in [3.8, 4) is 5.75 Å². The van der Waals surface area contributed by atoms with E-state index in [1.807, 2.05) is 0 Å². The number of aliphatic hydroxyl groups excluding tert-OH is 3. The summed E-state index contributed by atoms with van der Waals surface area (Å²) in [7, 11) is 0. The highest BCUT2D eigenvalue weighted by atomic mass is 19.4. The Labute approximate surface area is 187 Å². The second-order valence-corrected chi connectivity index (χ2v) is 7.57. The zero-order valence-corrected chi connectivity index (χ0v) is 17.2. The van der Waals surface area contributed by atoms with Gasteiger partial charge < -0.3 is 29.9 Å². The van der Waals surface area contributed by atoms with Crippen molar-refractivity contribution in [3.63, 3.8) is 0 Å². The fourth-order valence-electron chi connectivity index (χ4n) is 3.46. The second kappa shape index (κ2) is 10.5. The van der Waals surface area contributed by atoms with Crippen molar-refractivity contribution in [2.45, 2.75) is 49.3 Å². The molecule has 1 heterocycles. The van der Waals surface area contributed by atoms with Crippen LogP contribution in [0.2, 0.25) is 0 Å². The fourth-order valence-corrected chi connectivity index (χ4v) is 3.46. The average Bonchev–Trinajstić information content (AvgIpc) is 2.78. The van der Waals surface area contributed by atoms with Gasteiger partial charge in [0.1, 0.15) is 36.4 Å². The predicted octanol–water partition coefficient (Wildman–Crippen LogP) is 1.70. The van der Waals surface area contributed by atoms with Gasteiger partial charge in [0, 0.05) is 13.0 Å². The Morgan fingerprint density at radius 1 is 1.00 bits per heavy atom. The summed E-state index contributed by atoms with van der Waals surface area (Å²) in [5.74, 6) is -1.27. The molecule has 1 saturated heterocycles. The third-order valence-electron chi connectivity index (χ3n) is 5.24. The van der Waals surface area contributed by atoms with Gasteiger partial charge in [-0.3, -0.25) is 5.32 Å². The van der Waals surface area contributed by atoms with Crippen LogP contribution in [0.15, 0.2) is 54.6 Å². The number of ether oxygens (including phenoxy) is 2. The van der Waals surface area contributed by atoms with Gasteiger partial charge in [0.15, 0.2) is 6.10 Å². The molecule has 1 fully saturated rings. The quantitative estimate of drug-likeness (QED) is 0.394. The number of carbonyl (C=O) groups is 1. The zero-order valence-electron chi connectivity index (χ0n) is 17.2. The number of halogens is 3. The third kappa shape index (κ3) is 6.21. The largest absolute Gasteiger partial charge is 0.486 e. The predicted molar refractivity (Wildman–Crippen MR) is 108 cm³/mol. The summed E-state index contributed by atoms with van der Waals surface area (Å²) in [6.45, 7) is 0.122. The molecule has 2 aromatic carbocycles. The number of hydrogen-bond acceptors (Lipinski definition) is 7. The van der Waals surface area contributed by atoms with E-state index in [0.29, 0.717) is 0 Å². The number of aliphatic hydroxyl groups is 3. The summed E-state index contributed by atoms with van der Waals surface area (Å²) in [5.41, 5.74) is -0.0619. The van der Waals surface area contributed by atoms with Crippen LogP contribution in [0.25, 0.3) is 0 Å². The minimum Gasteiger partial charge on any atom is -0.486 e. The van der Waals surface area contributed by atoms with Gasteiger partial charge >= 0.3 is 12.1 Å². The standard InChI is InChI=1S/C22H24F3NO7/c23-22(24,25)13-6-8-14(9-7-13)32-15(12-4-2-1-3-5-12)10-11-26-20-18(29)16(27)17(28)19(33-20)21(30)31/h1-9,15-20,26-29H,10-11H2,(H,30,31)/t15-,16+,17+,18-,19+,20-/m1/s1. The molecule has 0 unspecified atom stereocenters. The van der Waals surface area contributed by atoms with Crippen LogP contribution in [0.3, 0.4) is 0 Å². The van der Waals surface area contributed by atoms with Crippen LogP contribution in [-0.4, -0.2) is 63.6 Å². The molecule has 0 amide bonds. The molecule has 0 aromatic heterocycles. The summed E-state index contributed by atoms with van der Waals surface area (Å²) in [6, 6.07) is 13.2. The lowest BCUT2D eigenvalue weighted by atomic mass is 9.98. The lowest BCUT2D eigenvalue weighted by molar-refractivity contribution is -0.234. The first-order chi connectivity index (χ1) is 15.6. The van der Waals surface area contributed by atoms with Gasteiger partial charge in [-0.15, -0.1) is 0 Å². The van der Waals surface area contributed by atoms with Crippen molar-refractivity contribution < 1.29 is 47.9 Å². The third-order valence-corrected chi connectivity index (χ3v) is 5.24. The van der Waals surface area contributed by atoms with Crippen LogP contribution in [0.5, 0.6) is 5.75 Å². The molecule has 33 heavy (non-hydrogen) atoms. The zero-order chi connectivity index (χ0) is 24.2. The summed E-state index contributed by atoms with van der Waals surface area (Å²) in [5, 5.41) is 41.7. The Morgan fingerprint density at radius 3 is 2.21 bits per heavy atom. The maximum absolute atomic E-state index is 12.8. The van der Waals surface area contributed by atoms with Gasteiger partial charge in [0.05, 0.1) is 5.56 Å². The number of nitrogens with one attached hydrogen (secondary N) is 1. The molecule has 5 N–H and O–H groups in total. The van der Waals surface area contributed by atoms with Crippen LogP contribution in [0.1, 0.15) is 23.7 Å². The molecular formula is C22H24F3NO7. The lowest BCUT2D eigenvalue weighted by Gasteiger charge is -2.39. The highest BCUT2D eigenvalue weighted by Crippen LogP contribution is 2.32. The van der Waals surface area contributed by atoms with Crippen molar-refractivity contribution in [1.82, 2.24) is 5.32 Å². The number of carboxylic acid groups (broad SMARTS) is 1. The van der Waals surface area contributed by atoms with Crippen molar-refractivity contribution in [3.05, 3.63) is 65.7 Å². The fraction of sp³-hybridized carbons (Fsp3) is 0.409. The van der Waals surface area contributed by atoms with E-state index in [-0.39, 0.29) is 18.7 Å². The molecule has 1 aliphatic rings. The highest BCUT2D eigenvalue weighted by Gasteiger charge is 2.46. The molecule has 0 aliphatic carbocycles. The monoisotopic (exact) mass is 471 g/mol. The van der Waals surface area contributed by atoms with Crippen LogP contribution < -0.4 is 10.1 Å². The Morgan fingerprint density at radius 2 is 1.64 bits per heavy atom. The molecule has 11 heteroatoms. The van der Waals surface area contributed by atoms with Crippen molar-refractivity contribution in [2.24, 2.45) is 0 Å². The van der Waals surface area contributed by atoms with E-state index in [1.54, 1.807) is 30.3 Å². The van der Waals surface area contributed by atoms with Crippen LogP contribution in [0.4, 0.5) is 13.2 Å². The molecule has 0 bridgehead atoms. The minimum absolute atomic E-state index is 0.122. The van der Waals surface area contributed by atoms with Gasteiger partial charge in [-0.2, -0.15) is 13.2 Å². The molecular weight excluding hydrogens is 447 g/mol. The summed E-state index contributed by atoms with van der Waals surface area (Å²) in [4.78, 5) is 11.2. The molecule has 0 saturated carbocycles. The summed E-state index contributed by atoms with van der Waals surface area (Å²) < 4.78 is 49.5. The van der Waals surface area contributed by atoms with Crippen molar-refractivity contribution >= 4 is 5.97 Å². The van der Waals surface area contributed by atoms with Crippen LogP contribution >= 0.6 is 0 Å². The van der Waals surface area contributed by atoms with Gasteiger partial charge in [-0.05, 0) is 29.8 Å². The lowest BCUT2D eigenvalue weighted by Crippen LogP contribution is -2.63. The van der Waals surface area contributed by atoms with Crippen molar-refractivity contribution in [2.75, 3.05) is 6.54 Å². The molecule has 8 nitrogen and oxygen atoms in total. The number of alkyl halides is 3. The maximum atomic E-state index is 12.8. The van der Waals surface area contributed by atoms with Crippen molar-refractivity contribution in [1.29, 1.82) is 0 Å². The summed E-state index contributed by atoms with van der Waals surface area (Å²) in [6.07, 6.45) is -12.9. The average molecular weight is 471 g/mol. The Balaban J connectivity index is 1.67. The Hall–Kier alpha value is -2.70. The Bertz CT molecular complexity index is 910. The first kappa shape index (κ1) is 24.9. The topological polar surface area (TPSA) is 128 Å². The van der Waals surface area contributed by atoms with Crippen LogP contribution in [-0.2, 0) is 15.7 Å². The number of carboxylic acids is 1. The van der Waals surface area contributed by atoms with Crippen LogP contribution in [0, 0.1) is 0 Å². The highest BCUT2D eigenvalue weighted by molar-refractivity contribution is 5.73. The van der Waals surface area contributed by atoms with E-state index in [0.717, 1.165) is 17.7 Å². The van der Waals surface area contributed by atoms with Gasteiger partial charge in [-0.25, -0.2) is 4.79 Å². The molecule has 6 atom stereocenters. The first-order valence-electron chi connectivity index (χ1n) is 10.1. The number of benzene rings is 2. The van der Waals surface area contributed by atoms with E-state index >= 15 is 0 Å². The maximum Gasteiger partial charge on any atom is 0.416 e. The number of aliphatic carboxylic acids is 1. The minimum atomic E-state index is -4.46. The van der Waals surface area contributed by atoms with E-state index < -0.39 is 54.5 Å². The van der Waals surface area contributed by atoms with Gasteiger partial charge in [0.2, 0.25) is 0 Å². The van der Waals surface area contributed by atoms with Gasteiger partial charge in [-0.1, -0.05) is 30.3 Å². The first-order valence-corrected chi connectivity index (χ1v) is 10.1. The normalized spacial score (nSPS) is 26.5. The number of hydrogen-bond donors (Lipinski definition) is 5. The molecule has 0 spiro atoms. The second-order valence-electron chi connectivity index (χ2n) is 7.57. The van der Waals surface area contributed by atoms with E-state index in [1.165, 1.54) is 12.1 Å². The van der Waals surface area contributed by atoms with Gasteiger partial charge in [0.25, 0.3) is 0 Å². The number of rotatable bonds is 8. The van der Waals surface area contributed by atoms with E-state index in [2.05, 4.69) is 5.32 Å². The SMILES string of the molecule is O=C(O)[C@H]1O[C@@H](NCC[C@@H](Oc2ccc(C(F)(F)F)cc2)c2ccccc2)[C@H](O)[C@@H](O)[C@@H]1O. The molecule has 1 aliphatic heterocycles. The molecule has 0 radical (unpaired) electrons. The Kier molecular flexibility index (Phi) is 7.92. The summed E-state index contributed by atoms with van der Waals surface area (Å²) >= 11 is 0. The van der Waals surface area contributed by atoms with E-state index in [9.17, 15) is 33.3 Å². The molecule has 3 rings (SSSR count). The molecule has 180 valence electrons. The van der Waals surface area contributed by atoms with E-state index in [4.69, 9.17) is 14.6 Å².